The number of furan rings is 1. The van der Waals surface area contributed by atoms with E-state index in [0.29, 0.717) is 24.0 Å². The summed E-state index contributed by atoms with van der Waals surface area (Å²) in [5.41, 5.74) is 0.374. The van der Waals surface area contributed by atoms with Crippen LogP contribution in [0.5, 0.6) is 0 Å². The zero-order valence-electron chi connectivity index (χ0n) is 13.4. The lowest BCUT2D eigenvalue weighted by Crippen LogP contribution is -2.38. The molecule has 1 N–H and O–H groups in total. The molecular weight excluding hydrogens is 250 g/mol. The molecule has 0 saturated heterocycles. The molecule has 0 aliphatic heterocycles. The Labute approximate surface area is 123 Å². The molecule has 1 heterocycles. The van der Waals surface area contributed by atoms with E-state index >= 15 is 0 Å². The highest BCUT2D eigenvalue weighted by molar-refractivity contribution is 5.13. The molecule has 0 aromatic carbocycles. The van der Waals surface area contributed by atoms with Gasteiger partial charge >= 0.3 is 0 Å². The Morgan fingerprint density at radius 1 is 1.40 bits per heavy atom. The minimum absolute atomic E-state index is 0.320. The van der Waals surface area contributed by atoms with E-state index in [9.17, 15) is 0 Å². The first-order chi connectivity index (χ1) is 9.58. The van der Waals surface area contributed by atoms with Crippen LogP contribution in [0.4, 0.5) is 0 Å². The summed E-state index contributed by atoms with van der Waals surface area (Å²) in [6.07, 6.45) is 5.28. The molecule has 0 bridgehead atoms. The Balaban J connectivity index is 2.20. The van der Waals surface area contributed by atoms with E-state index in [4.69, 9.17) is 9.15 Å². The van der Waals surface area contributed by atoms with Gasteiger partial charge in [-0.15, -0.1) is 0 Å². The number of hydrogen-bond donors (Lipinski definition) is 1. The minimum atomic E-state index is 0.320. The van der Waals surface area contributed by atoms with Gasteiger partial charge in [-0.2, -0.15) is 0 Å². The molecule has 1 aromatic heterocycles. The summed E-state index contributed by atoms with van der Waals surface area (Å²) < 4.78 is 11.2. The van der Waals surface area contributed by atoms with Crippen LogP contribution in [0, 0.1) is 11.3 Å². The molecule has 2 rings (SSSR count). The van der Waals surface area contributed by atoms with Crippen molar-refractivity contribution in [3.63, 3.8) is 0 Å². The Kier molecular flexibility index (Phi) is 5.28. The van der Waals surface area contributed by atoms with Gasteiger partial charge in [0.1, 0.15) is 18.1 Å². The SMILES string of the molecule is CCNC(c1ccc(COC)o1)C1CCCCC1(C)C. The molecule has 0 amide bonds. The monoisotopic (exact) mass is 279 g/mol. The summed E-state index contributed by atoms with van der Waals surface area (Å²) in [7, 11) is 1.70. The molecule has 3 heteroatoms. The molecule has 2 atom stereocenters. The van der Waals surface area contributed by atoms with Gasteiger partial charge < -0.3 is 14.5 Å². The molecule has 1 saturated carbocycles. The van der Waals surface area contributed by atoms with Crippen molar-refractivity contribution in [3.05, 3.63) is 23.7 Å². The van der Waals surface area contributed by atoms with Gasteiger partial charge in [0.2, 0.25) is 0 Å². The molecule has 114 valence electrons. The van der Waals surface area contributed by atoms with E-state index < -0.39 is 0 Å². The second-order valence-corrected chi connectivity index (χ2v) is 6.61. The van der Waals surface area contributed by atoms with Gasteiger partial charge in [0.15, 0.2) is 0 Å². The minimum Gasteiger partial charge on any atom is -0.462 e. The Morgan fingerprint density at radius 3 is 2.85 bits per heavy atom. The maximum Gasteiger partial charge on any atom is 0.129 e. The maximum absolute atomic E-state index is 6.00. The van der Waals surface area contributed by atoms with Gasteiger partial charge in [-0.25, -0.2) is 0 Å². The van der Waals surface area contributed by atoms with E-state index in [2.05, 4.69) is 32.2 Å². The molecule has 3 nitrogen and oxygen atoms in total. The van der Waals surface area contributed by atoms with Gasteiger partial charge in [0.05, 0.1) is 6.04 Å². The number of ether oxygens (including phenoxy) is 1. The Hall–Kier alpha value is -0.800. The second kappa shape index (κ2) is 6.77. The van der Waals surface area contributed by atoms with Gasteiger partial charge in [-0.3, -0.25) is 0 Å². The predicted octanol–water partition coefficient (Wildman–Crippen LogP) is 4.29. The first kappa shape index (κ1) is 15.6. The average Bonchev–Trinajstić information content (AvgIpc) is 2.85. The smallest absolute Gasteiger partial charge is 0.129 e. The largest absolute Gasteiger partial charge is 0.462 e. The van der Waals surface area contributed by atoms with Crippen molar-refractivity contribution in [1.29, 1.82) is 0 Å². The van der Waals surface area contributed by atoms with Gasteiger partial charge in [-0.05, 0) is 42.9 Å². The highest BCUT2D eigenvalue weighted by Crippen LogP contribution is 2.47. The summed E-state index contributed by atoms with van der Waals surface area (Å²) in [6.45, 7) is 8.49. The van der Waals surface area contributed by atoms with Crippen LogP contribution in [0.2, 0.25) is 0 Å². The summed E-state index contributed by atoms with van der Waals surface area (Å²) in [6, 6.07) is 4.48. The lowest BCUT2D eigenvalue weighted by molar-refractivity contribution is 0.0873. The summed E-state index contributed by atoms with van der Waals surface area (Å²) in [5, 5.41) is 3.65. The van der Waals surface area contributed by atoms with Crippen LogP contribution < -0.4 is 5.32 Å². The van der Waals surface area contributed by atoms with E-state index in [1.807, 2.05) is 6.07 Å². The maximum atomic E-state index is 6.00. The highest BCUT2D eigenvalue weighted by Gasteiger charge is 2.39. The van der Waals surface area contributed by atoms with Crippen molar-refractivity contribution in [2.45, 2.75) is 59.1 Å². The number of rotatable bonds is 6. The Bertz CT molecular complexity index is 411. The van der Waals surface area contributed by atoms with Crippen molar-refractivity contribution in [1.82, 2.24) is 5.32 Å². The zero-order chi connectivity index (χ0) is 14.6. The molecule has 1 aliphatic rings. The Morgan fingerprint density at radius 2 is 2.20 bits per heavy atom. The van der Waals surface area contributed by atoms with E-state index in [1.54, 1.807) is 7.11 Å². The van der Waals surface area contributed by atoms with E-state index in [0.717, 1.165) is 18.1 Å². The molecule has 1 aromatic rings. The van der Waals surface area contributed by atoms with Crippen LogP contribution in [0.3, 0.4) is 0 Å². The standard InChI is InChI=1S/C17H29NO2/c1-5-18-16(14-8-6-7-11-17(14,2)3)15-10-9-13(20-15)12-19-4/h9-10,14,16,18H,5-8,11-12H2,1-4H3. The molecule has 2 unspecified atom stereocenters. The third-order valence-corrected chi connectivity index (χ3v) is 4.69. The summed E-state index contributed by atoms with van der Waals surface area (Å²) in [5.74, 6) is 2.62. The van der Waals surface area contributed by atoms with Crippen molar-refractivity contribution >= 4 is 0 Å². The van der Waals surface area contributed by atoms with Crippen molar-refractivity contribution in [2.24, 2.45) is 11.3 Å². The highest BCUT2D eigenvalue weighted by atomic mass is 16.5. The normalized spacial score (nSPS) is 23.7. The summed E-state index contributed by atoms with van der Waals surface area (Å²) in [4.78, 5) is 0. The van der Waals surface area contributed by atoms with Crippen LogP contribution in [0.1, 0.15) is 64.0 Å². The third-order valence-electron chi connectivity index (χ3n) is 4.69. The number of nitrogens with one attached hydrogen (secondary N) is 1. The van der Waals surface area contributed by atoms with Gasteiger partial charge in [-0.1, -0.05) is 33.6 Å². The lowest BCUT2D eigenvalue weighted by atomic mass is 9.65. The van der Waals surface area contributed by atoms with Gasteiger partial charge in [0.25, 0.3) is 0 Å². The molecule has 20 heavy (non-hydrogen) atoms. The fourth-order valence-corrected chi connectivity index (χ4v) is 3.58. The first-order valence-corrected chi connectivity index (χ1v) is 7.89. The van der Waals surface area contributed by atoms with Crippen LogP contribution in [-0.4, -0.2) is 13.7 Å². The van der Waals surface area contributed by atoms with Crippen molar-refractivity contribution in [3.8, 4) is 0 Å². The molecule has 0 radical (unpaired) electrons. The van der Waals surface area contributed by atoms with E-state index in [1.165, 1.54) is 25.7 Å². The fourth-order valence-electron chi connectivity index (χ4n) is 3.58. The average molecular weight is 279 g/mol. The van der Waals surface area contributed by atoms with Crippen molar-refractivity contribution < 1.29 is 9.15 Å². The molecule has 0 spiro atoms. The van der Waals surface area contributed by atoms with Crippen LogP contribution in [0.25, 0.3) is 0 Å². The van der Waals surface area contributed by atoms with Crippen LogP contribution >= 0.6 is 0 Å². The fraction of sp³-hybridized carbons (Fsp3) is 0.765. The first-order valence-electron chi connectivity index (χ1n) is 7.89. The lowest BCUT2D eigenvalue weighted by Gasteiger charge is -2.42. The molecular formula is C17H29NO2. The van der Waals surface area contributed by atoms with Crippen molar-refractivity contribution in [2.75, 3.05) is 13.7 Å². The molecule has 1 aliphatic carbocycles. The zero-order valence-corrected chi connectivity index (χ0v) is 13.4. The number of methoxy groups -OCH3 is 1. The second-order valence-electron chi connectivity index (χ2n) is 6.61. The quantitative estimate of drug-likeness (QED) is 0.843. The third kappa shape index (κ3) is 3.44. The topological polar surface area (TPSA) is 34.4 Å². The predicted molar refractivity (Wildman–Crippen MR) is 81.6 cm³/mol. The van der Waals surface area contributed by atoms with E-state index in [-0.39, 0.29) is 0 Å². The van der Waals surface area contributed by atoms with Crippen LogP contribution in [-0.2, 0) is 11.3 Å². The molecule has 1 fully saturated rings. The summed E-state index contributed by atoms with van der Waals surface area (Å²) >= 11 is 0. The van der Waals surface area contributed by atoms with Crippen LogP contribution in [0.15, 0.2) is 16.5 Å². The van der Waals surface area contributed by atoms with Gasteiger partial charge in [0, 0.05) is 7.11 Å². The number of hydrogen-bond acceptors (Lipinski definition) is 3.